The lowest BCUT2D eigenvalue weighted by molar-refractivity contribution is -0.129. The van der Waals surface area contributed by atoms with Gasteiger partial charge in [0.1, 0.15) is 30.6 Å². The Morgan fingerprint density at radius 2 is 1.87 bits per heavy atom. The van der Waals surface area contributed by atoms with Crippen molar-refractivity contribution < 1.29 is 30.0 Å². The zero-order valence-corrected chi connectivity index (χ0v) is 8.20. The molecule has 0 unspecified atom stereocenters. The van der Waals surface area contributed by atoms with Gasteiger partial charge in [-0.3, -0.25) is 4.79 Å². The van der Waals surface area contributed by atoms with E-state index in [-0.39, 0.29) is 6.29 Å². The maximum atomic E-state index is 10.6. The summed E-state index contributed by atoms with van der Waals surface area (Å²) in [7, 11) is 0. The second kappa shape index (κ2) is 6.46. The summed E-state index contributed by atoms with van der Waals surface area (Å²) in [5.41, 5.74) is 0. The normalized spacial score (nSPS) is 18.7. The van der Waals surface area contributed by atoms with Gasteiger partial charge in [-0.05, 0) is 0 Å². The van der Waals surface area contributed by atoms with Gasteiger partial charge in [-0.15, -0.1) is 0 Å². The van der Waals surface area contributed by atoms with Crippen molar-refractivity contribution in [3.05, 3.63) is 0 Å². The van der Waals surface area contributed by atoms with Crippen molar-refractivity contribution in [1.29, 1.82) is 0 Å². The first-order chi connectivity index (χ1) is 6.93. The van der Waals surface area contributed by atoms with Crippen LogP contribution in [0.25, 0.3) is 0 Å². The number of carbonyl (C=O) groups is 2. The first-order valence-corrected chi connectivity index (χ1v) is 4.31. The molecule has 0 aliphatic heterocycles. The smallest absolute Gasteiger partial charge is 0.217 e. The quantitative estimate of drug-likeness (QED) is 0.237. The average molecular weight is 222 g/mol. The number of hydrogen-bond acceptors (Lipinski definition) is 6. The van der Waals surface area contributed by atoms with Crippen molar-refractivity contribution >= 4 is 12.2 Å². The van der Waals surface area contributed by atoms with Gasteiger partial charge in [-0.1, -0.05) is 0 Å². The summed E-state index contributed by atoms with van der Waals surface area (Å²) < 4.78 is 0. The second-order valence-corrected chi connectivity index (χ2v) is 3.09. The van der Waals surface area contributed by atoms with Crippen LogP contribution in [0.5, 0.6) is 0 Å². The largest absolute Gasteiger partial charge is 0.394 e. The second-order valence-electron chi connectivity index (χ2n) is 3.09. The van der Waals surface area contributed by atoms with E-state index in [1.54, 1.807) is 0 Å². The van der Waals surface area contributed by atoms with Crippen LogP contribution in [0.3, 0.4) is 0 Å². The molecule has 7 nitrogen and oxygen atoms in total. The third kappa shape index (κ3) is 4.34. The van der Waals surface area contributed by atoms with Gasteiger partial charge in [-0.2, -0.15) is 0 Å². The van der Waals surface area contributed by atoms with Gasteiger partial charge in [0.25, 0.3) is 0 Å². The highest BCUT2D eigenvalue weighted by Crippen LogP contribution is 2.03. The lowest BCUT2D eigenvalue weighted by atomic mass is 10.1. The summed E-state index contributed by atoms with van der Waals surface area (Å²) in [6, 6.07) is -1.32. The minimum absolute atomic E-state index is 0.235. The number of hydrogen-bond donors (Lipinski definition) is 5. The topological polar surface area (TPSA) is 127 Å². The molecule has 5 N–H and O–H groups in total. The molecule has 0 spiro atoms. The highest BCUT2D eigenvalue weighted by molar-refractivity contribution is 5.77. The molecule has 0 aliphatic carbocycles. The summed E-state index contributed by atoms with van der Waals surface area (Å²) in [4.78, 5) is 21.1. The summed E-state index contributed by atoms with van der Waals surface area (Å²) in [6.07, 6.45) is -4.72. The third-order valence-corrected chi connectivity index (χ3v) is 1.82. The number of carbonyl (C=O) groups excluding carboxylic acids is 2. The Bertz CT molecular complexity index is 221. The summed E-state index contributed by atoms with van der Waals surface area (Å²) in [5, 5.41) is 38.2. The van der Waals surface area contributed by atoms with Crippen LogP contribution < -0.4 is 5.32 Å². The van der Waals surface area contributed by atoms with Gasteiger partial charge >= 0.3 is 0 Å². The van der Waals surface area contributed by atoms with Gasteiger partial charge in [0, 0.05) is 6.92 Å². The molecule has 0 bridgehead atoms. The highest BCUT2D eigenvalue weighted by Gasteiger charge is 2.31. The third-order valence-electron chi connectivity index (χ3n) is 1.82. The maximum Gasteiger partial charge on any atom is 0.217 e. The van der Waals surface area contributed by atoms with Gasteiger partial charge < -0.3 is 30.5 Å². The molecule has 0 saturated carbocycles. The molecule has 15 heavy (non-hydrogen) atoms. The molecule has 88 valence electrons. The number of aliphatic hydroxyl groups is 4. The zero-order valence-electron chi connectivity index (χ0n) is 8.20. The first-order valence-electron chi connectivity index (χ1n) is 4.31. The van der Waals surface area contributed by atoms with Crippen molar-refractivity contribution in [3.63, 3.8) is 0 Å². The van der Waals surface area contributed by atoms with Crippen molar-refractivity contribution in [2.45, 2.75) is 31.3 Å². The van der Waals surface area contributed by atoms with Crippen LogP contribution in [0.15, 0.2) is 0 Å². The Morgan fingerprint density at radius 3 is 2.20 bits per heavy atom. The Labute approximate surface area is 86.3 Å². The van der Waals surface area contributed by atoms with E-state index in [0.717, 1.165) is 6.92 Å². The van der Waals surface area contributed by atoms with E-state index in [1.807, 2.05) is 0 Å². The molecule has 7 heteroatoms. The van der Waals surface area contributed by atoms with Gasteiger partial charge in [0.2, 0.25) is 5.91 Å². The first kappa shape index (κ1) is 14.0. The molecule has 0 aromatic carbocycles. The zero-order chi connectivity index (χ0) is 12.0. The molecule has 4 atom stereocenters. The van der Waals surface area contributed by atoms with Gasteiger partial charge in [0.05, 0.1) is 6.61 Å². The van der Waals surface area contributed by atoms with Crippen LogP contribution in [0, 0.1) is 0 Å². The predicted octanol–water partition coefficient (Wildman–Crippen LogP) is -3.23. The van der Waals surface area contributed by atoms with E-state index in [4.69, 9.17) is 10.2 Å². The Hall–Kier alpha value is -1.02. The van der Waals surface area contributed by atoms with Crippen LogP contribution in [0.2, 0.25) is 0 Å². The summed E-state index contributed by atoms with van der Waals surface area (Å²) in [6.45, 7) is 0.377. The molecule has 0 aromatic rings. The molecule has 1 amide bonds. The standard InChI is InChI=1S/C8H15NO6/c1-4(12)9-5(2-10)7(14)8(15)6(13)3-11/h2,5-8,11,13-15H,3H2,1H3,(H,9,12)/t5-,6+,7+,8+/m0/s1/i5+1. The fourth-order valence-electron chi connectivity index (χ4n) is 0.983. The van der Waals surface area contributed by atoms with E-state index in [1.165, 1.54) is 0 Å². The predicted molar refractivity (Wildman–Crippen MR) is 48.8 cm³/mol. The van der Waals surface area contributed by atoms with Crippen molar-refractivity contribution in [3.8, 4) is 0 Å². The molecule has 0 rings (SSSR count). The van der Waals surface area contributed by atoms with Crippen LogP contribution in [-0.4, -0.2) is 63.6 Å². The molecule has 0 radical (unpaired) electrons. The number of nitrogens with one attached hydrogen (secondary N) is 1. The molecule has 0 aromatic heterocycles. The van der Waals surface area contributed by atoms with Crippen LogP contribution in [0.1, 0.15) is 6.92 Å². The average Bonchev–Trinajstić information content (AvgIpc) is 2.22. The van der Waals surface area contributed by atoms with Crippen LogP contribution in [0.4, 0.5) is 0 Å². The monoisotopic (exact) mass is 222 g/mol. The van der Waals surface area contributed by atoms with E-state index in [9.17, 15) is 19.8 Å². The molecule has 0 fully saturated rings. The van der Waals surface area contributed by atoms with E-state index >= 15 is 0 Å². The molecule has 0 saturated heterocycles. The van der Waals surface area contributed by atoms with E-state index < -0.39 is 36.9 Å². The van der Waals surface area contributed by atoms with E-state index in [0.29, 0.717) is 0 Å². The Morgan fingerprint density at radius 1 is 1.33 bits per heavy atom. The minimum atomic E-state index is -1.71. The molecule has 0 aliphatic rings. The number of aldehydes is 1. The maximum absolute atomic E-state index is 10.6. The number of rotatable bonds is 6. The lowest BCUT2D eigenvalue weighted by Gasteiger charge is -2.25. The highest BCUT2D eigenvalue weighted by atomic mass is 16.4. The lowest BCUT2D eigenvalue weighted by Crippen LogP contribution is -2.53. The minimum Gasteiger partial charge on any atom is -0.394 e. The SMILES string of the molecule is CC(=O)N[13C@@H](C=O)[C@@H](O)[C@H](O)[C@H](O)CO. The van der Waals surface area contributed by atoms with Gasteiger partial charge in [-0.25, -0.2) is 0 Å². The molecular formula is C8H15NO6. The van der Waals surface area contributed by atoms with Gasteiger partial charge in [0.15, 0.2) is 0 Å². The molecular weight excluding hydrogens is 207 g/mol. The number of aliphatic hydroxyl groups excluding tert-OH is 4. The Balaban J connectivity index is 4.42. The van der Waals surface area contributed by atoms with Crippen molar-refractivity contribution in [1.82, 2.24) is 5.32 Å². The van der Waals surface area contributed by atoms with Crippen LogP contribution in [-0.2, 0) is 9.59 Å². The van der Waals surface area contributed by atoms with E-state index in [2.05, 4.69) is 5.32 Å². The van der Waals surface area contributed by atoms with Crippen molar-refractivity contribution in [2.75, 3.05) is 6.61 Å². The fraction of sp³-hybridized carbons (Fsp3) is 0.750. The summed E-state index contributed by atoms with van der Waals surface area (Å²) >= 11 is 0. The summed E-state index contributed by atoms with van der Waals surface area (Å²) in [5.74, 6) is -0.558. The van der Waals surface area contributed by atoms with Crippen molar-refractivity contribution in [2.24, 2.45) is 0 Å². The Kier molecular flexibility index (Phi) is 6.02. The molecule has 0 heterocycles. The fourth-order valence-corrected chi connectivity index (χ4v) is 0.983. The van der Waals surface area contributed by atoms with Crippen LogP contribution >= 0.6 is 0 Å². The number of amides is 1.